The molecule has 0 bridgehead atoms. The SMILES string of the molecule is NC(=O)c1ccc(S(=O)(=O)CCCO)c(-c2ccc(Cl)c(-c3ccccn3)c2)c1Cl. The second-order valence-corrected chi connectivity index (χ2v) is 9.33. The topological polar surface area (TPSA) is 110 Å². The van der Waals surface area contributed by atoms with Crippen molar-refractivity contribution in [3.8, 4) is 22.4 Å². The normalized spacial score (nSPS) is 11.4. The summed E-state index contributed by atoms with van der Waals surface area (Å²) in [4.78, 5) is 16.0. The molecule has 1 amide bonds. The number of sulfone groups is 1. The summed E-state index contributed by atoms with van der Waals surface area (Å²) in [5.41, 5.74) is 7.18. The number of halogens is 2. The van der Waals surface area contributed by atoms with Gasteiger partial charge in [0, 0.05) is 29.0 Å². The summed E-state index contributed by atoms with van der Waals surface area (Å²) in [6.07, 6.45) is 1.68. The number of rotatable bonds is 7. The zero-order chi connectivity index (χ0) is 21.9. The number of hydrogen-bond donors (Lipinski definition) is 2. The van der Waals surface area contributed by atoms with E-state index in [4.69, 9.17) is 34.0 Å². The van der Waals surface area contributed by atoms with Crippen LogP contribution in [0.3, 0.4) is 0 Å². The van der Waals surface area contributed by atoms with Crippen LogP contribution in [0.25, 0.3) is 22.4 Å². The summed E-state index contributed by atoms with van der Waals surface area (Å²) in [6, 6.07) is 12.8. The van der Waals surface area contributed by atoms with E-state index in [1.807, 2.05) is 0 Å². The number of nitrogens with zero attached hydrogens (tertiary/aromatic N) is 1. The number of amides is 1. The maximum Gasteiger partial charge on any atom is 0.250 e. The lowest BCUT2D eigenvalue weighted by molar-refractivity contribution is 0.100. The minimum absolute atomic E-state index is 0.00195. The van der Waals surface area contributed by atoms with E-state index in [0.717, 1.165) is 0 Å². The first kappa shape index (κ1) is 22.2. The Morgan fingerprint density at radius 3 is 2.50 bits per heavy atom. The highest BCUT2D eigenvalue weighted by Gasteiger charge is 2.25. The van der Waals surface area contributed by atoms with Crippen LogP contribution in [0.15, 0.2) is 59.6 Å². The molecule has 9 heteroatoms. The van der Waals surface area contributed by atoms with Crippen molar-refractivity contribution in [3.63, 3.8) is 0 Å². The maximum atomic E-state index is 12.9. The Labute approximate surface area is 184 Å². The highest BCUT2D eigenvalue weighted by molar-refractivity contribution is 7.91. The summed E-state index contributed by atoms with van der Waals surface area (Å²) in [5.74, 6) is -1.05. The fraction of sp³-hybridized carbons (Fsp3) is 0.143. The number of benzene rings is 2. The predicted octanol–water partition coefficient (Wildman–Crippen LogP) is 3.98. The Morgan fingerprint density at radius 1 is 1.10 bits per heavy atom. The molecular weight excluding hydrogens is 447 g/mol. The van der Waals surface area contributed by atoms with Crippen LogP contribution in [0.5, 0.6) is 0 Å². The molecule has 0 atom stereocenters. The van der Waals surface area contributed by atoms with Gasteiger partial charge in [0.2, 0.25) is 5.91 Å². The van der Waals surface area contributed by atoms with E-state index >= 15 is 0 Å². The van der Waals surface area contributed by atoms with Gasteiger partial charge in [-0.25, -0.2) is 8.42 Å². The highest BCUT2D eigenvalue weighted by Crippen LogP contribution is 2.40. The van der Waals surface area contributed by atoms with Crippen molar-refractivity contribution in [3.05, 3.63) is 70.3 Å². The van der Waals surface area contributed by atoms with Crippen molar-refractivity contribution < 1.29 is 18.3 Å². The number of nitrogens with two attached hydrogens (primary N) is 1. The van der Waals surface area contributed by atoms with E-state index in [0.29, 0.717) is 21.8 Å². The average molecular weight is 465 g/mol. The zero-order valence-electron chi connectivity index (χ0n) is 15.7. The van der Waals surface area contributed by atoms with E-state index in [-0.39, 0.29) is 39.8 Å². The van der Waals surface area contributed by atoms with Gasteiger partial charge in [-0.1, -0.05) is 35.3 Å². The van der Waals surface area contributed by atoms with Gasteiger partial charge in [-0.05, 0) is 48.4 Å². The summed E-state index contributed by atoms with van der Waals surface area (Å²) >= 11 is 12.8. The van der Waals surface area contributed by atoms with E-state index < -0.39 is 15.7 Å². The van der Waals surface area contributed by atoms with Gasteiger partial charge in [0.15, 0.2) is 9.84 Å². The van der Waals surface area contributed by atoms with Crippen LogP contribution in [0.1, 0.15) is 16.8 Å². The molecule has 1 aromatic heterocycles. The third-order valence-corrected chi connectivity index (χ3v) is 7.03. The van der Waals surface area contributed by atoms with Crippen LogP contribution in [-0.4, -0.2) is 36.8 Å². The fourth-order valence-corrected chi connectivity index (χ4v) is 5.21. The van der Waals surface area contributed by atoms with Crippen LogP contribution in [0, 0.1) is 0 Å². The van der Waals surface area contributed by atoms with Crippen LogP contribution >= 0.6 is 23.2 Å². The molecule has 0 fully saturated rings. The molecule has 6 nitrogen and oxygen atoms in total. The number of carbonyl (C=O) groups is 1. The smallest absolute Gasteiger partial charge is 0.250 e. The molecule has 0 aliphatic rings. The van der Waals surface area contributed by atoms with Crippen molar-refractivity contribution in [1.82, 2.24) is 4.98 Å². The van der Waals surface area contributed by atoms with Gasteiger partial charge in [0.05, 0.1) is 26.9 Å². The van der Waals surface area contributed by atoms with Crippen molar-refractivity contribution in [1.29, 1.82) is 0 Å². The second-order valence-electron chi connectivity index (χ2n) is 6.47. The first-order valence-electron chi connectivity index (χ1n) is 8.93. The third kappa shape index (κ3) is 4.49. The minimum atomic E-state index is -3.80. The molecule has 0 unspecified atom stereocenters. The molecule has 3 aromatic rings. The number of aliphatic hydroxyl groups excluding tert-OH is 1. The quantitative estimate of drug-likeness (QED) is 0.549. The van der Waals surface area contributed by atoms with Gasteiger partial charge in [-0.15, -0.1) is 0 Å². The lowest BCUT2D eigenvalue weighted by Gasteiger charge is -2.16. The van der Waals surface area contributed by atoms with Gasteiger partial charge in [0.25, 0.3) is 0 Å². The number of aromatic nitrogens is 1. The minimum Gasteiger partial charge on any atom is -0.396 e. The van der Waals surface area contributed by atoms with Crippen molar-refractivity contribution >= 4 is 38.9 Å². The van der Waals surface area contributed by atoms with E-state index in [1.54, 1.807) is 42.6 Å². The van der Waals surface area contributed by atoms with E-state index in [1.165, 1.54) is 12.1 Å². The molecule has 0 saturated heterocycles. The molecule has 0 saturated carbocycles. The lowest BCUT2D eigenvalue weighted by Crippen LogP contribution is -2.15. The van der Waals surface area contributed by atoms with Crippen molar-refractivity contribution in [2.24, 2.45) is 5.73 Å². The summed E-state index contributed by atoms with van der Waals surface area (Å²) < 4.78 is 25.8. The largest absolute Gasteiger partial charge is 0.396 e. The molecular formula is C21H18Cl2N2O4S. The van der Waals surface area contributed by atoms with Gasteiger partial charge in [0.1, 0.15) is 0 Å². The lowest BCUT2D eigenvalue weighted by atomic mass is 9.99. The first-order chi connectivity index (χ1) is 14.3. The Hall–Kier alpha value is -2.45. The highest BCUT2D eigenvalue weighted by atomic mass is 35.5. The third-order valence-electron chi connectivity index (χ3n) is 4.47. The summed E-state index contributed by atoms with van der Waals surface area (Å²) in [6.45, 7) is -0.271. The first-order valence-corrected chi connectivity index (χ1v) is 11.3. The van der Waals surface area contributed by atoms with Crippen LogP contribution in [0.2, 0.25) is 10.0 Å². The molecule has 156 valence electrons. The van der Waals surface area contributed by atoms with Crippen LogP contribution in [-0.2, 0) is 9.84 Å². The monoisotopic (exact) mass is 464 g/mol. The zero-order valence-corrected chi connectivity index (χ0v) is 18.0. The standard InChI is InChI=1S/C21H18Cl2N2O4S/c22-16-7-5-13(12-15(16)17-4-1-2-9-25-17)19-18(30(28,29)11-3-10-26)8-6-14(20(19)23)21(24)27/h1-2,4-9,12,26H,3,10-11H2,(H2,24,27). The molecule has 3 N–H and O–H groups in total. The molecule has 0 aliphatic heterocycles. The number of carbonyl (C=O) groups excluding carboxylic acids is 1. The van der Waals surface area contributed by atoms with Crippen LogP contribution in [0.4, 0.5) is 0 Å². The Kier molecular flexibility index (Phi) is 6.77. The molecule has 0 spiro atoms. The van der Waals surface area contributed by atoms with E-state index in [9.17, 15) is 13.2 Å². The van der Waals surface area contributed by atoms with Gasteiger partial charge in [-0.3, -0.25) is 9.78 Å². The van der Waals surface area contributed by atoms with Crippen molar-refractivity contribution in [2.45, 2.75) is 11.3 Å². The average Bonchev–Trinajstić information content (AvgIpc) is 2.73. The second kappa shape index (κ2) is 9.14. The molecule has 1 heterocycles. The summed E-state index contributed by atoms with van der Waals surface area (Å²) in [5, 5.41) is 9.41. The molecule has 0 aliphatic carbocycles. The van der Waals surface area contributed by atoms with Gasteiger partial charge in [-0.2, -0.15) is 0 Å². The Balaban J connectivity index is 2.29. The molecule has 2 aromatic carbocycles. The number of aliphatic hydroxyl groups is 1. The molecule has 0 radical (unpaired) electrons. The fourth-order valence-electron chi connectivity index (χ4n) is 3.04. The number of primary amides is 1. The van der Waals surface area contributed by atoms with Gasteiger partial charge >= 0.3 is 0 Å². The molecule has 3 rings (SSSR count). The molecule has 30 heavy (non-hydrogen) atoms. The maximum absolute atomic E-state index is 12.9. The Bertz CT molecular complexity index is 1200. The number of hydrogen-bond acceptors (Lipinski definition) is 5. The van der Waals surface area contributed by atoms with Crippen molar-refractivity contribution in [2.75, 3.05) is 12.4 Å². The van der Waals surface area contributed by atoms with E-state index in [2.05, 4.69) is 4.98 Å². The van der Waals surface area contributed by atoms with Crippen LogP contribution < -0.4 is 5.73 Å². The number of pyridine rings is 1. The Morgan fingerprint density at radius 2 is 1.87 bits per heavy atom. The van der Waals surface area contributed by atoms with Gasteiger partial charge < -0.3 is 10.8 Å². The predicted molar refractivity (Wildman–Crippen MR) is 117 cm³/mol. The summed E-state index contributed by atoms with van der Waals surface area (Å²) in [7, 11) is -3.80.